The predicted octanol–water partition coefficient (Wildman–Crippen LogP) is 4.25. The van der Waals surface area contributed by atoms with E-state index in [0.29, 0.717) is 5.41 Å². The SMILES string of the molecule is C[C@@H]1CCC2C3CCC(O)C3(C)CCC2C1(C)C. The largest absolute Gasteiger partial charge is 0.393 e. The molecule has 3 fully saturated rings. The fourth-order valence-corrected chi connectivity index (χ4v) is 5.77. The molecule has 0 aromatic carbocycles. The van der Waals surface area contributed by atoms with Crippen molar-refractivity contribution in [3.63, 3.8) is 0 Å². The first-order chi connectivity index (χ1) is 8.37. The van der Waals surface area contributed by atoms with Gasteiger partial charge in [0.05, 0.1) is 6.10 Å². The second-order valence-electron chi connectivity index (χ2n) is 8.31. The highest BCUT2D eigenvalue weighted by molar-refractivity contribution is 5.06. The van der Waals surface area contributed by atoms with E-state index in [0.717, 1.165) is 30.1 Å². The molecule has 104 valence electrons. The third-order valence-corrected chi connectivity index (χ3v) is 7.55. The summed E-state index contributed by atoms with van der Waals surface area (Å²) in [6.07, 6.45) is 7.75. The number of aliphatic hydroxyl groups is 1. The van der Waals surface area contributed by atoms with Gasteiger partial charge in [0.15, 0.2) is 0 Å². The Bertz CT molecular complexity index is 333. The van der Waals surface area contributed by atoms with E-state index >= 15 is 0 Å². The van der Waals surface area contributed by atoms with E-state index in [1.807, 2.05) is 0 Å². The number of fused-ring (bicyclic) bond motifs is 3. The highest BCUT2D eigenvalue weighted by Gasteiger charge is 2.57. The van der Waals surface area contributed by atoms with Crippen molar-refractivity contribution in [2.75, 3.05) is 0 Å². The lowest BCUT2D eigenvalue weighted by Crippen LogP contribution is -2.51. The fourth-order valence-electron chi connectivity index (χ4n) is 5.77. The molecule has 0 heterocycles. The number of hydrogen-bond donors (Lipinski definition) is 1. The van der Waals surface area contributed by atoms with Crippen molar-refractivity contribution < 1.29 is 5.11 Å². The molecule has 3 aliphatic carbocycles. The maximum absolute atomic E-state index is 10.4. The number of aliphatic hydroxyl groups excluding tert-OH is 1. The zero-order chi connectivity index (χ0) is 13.1. The Morgan fingerprint density at radius 2 is 1.61 bits per heavy atom. The Morgan fingerprint density at radius 3 is 2.33 bits per heavy atom. The molecule has 0 aromatic rings. The van der Waals surface area contributed by atoms with Crippen molar-refractivity contribution in [3.05, 3.63) is 0 Å². The van der Waals surface area contributed by atoms with Crippen LogP contribution in [0.4, 0.5) is 0 Å². The van der Waals surface area contributed by atoms with E-state index < -0.39 is 0 Å². The lowest BCUT2D eigenvalue weighted by atomic mass is 9.48. The normalized spacial score (nSPS) is 54.8. The van der Waals surface area contributed by atoms with Crippen LogP contribution in [0.15, 0.2) is 0 Å². The van der Waals surface area contributed by atoms with Gasteiger partial charge in [-0.05, 0) is 73.0 Å². The molecule has 1 nitrogen and oxygen atoms in total. The third-order valence-electron chi connectivity index (χ3n) is 7.55. The van der Waals surface area contributed by atoms with E-state index in [2.05, 4.69) is 27.7 Å². The molecule has 1 N–H and O–H groups in total. The fraction of sp³-hybridized carbons (Fsp3) is 1.00. The van der Waals surface area contributed by atoms with Gasteiger partial charge < -0.3 is 5.11 Å². The summed E-state index contributed by atoms with van der Waals surface area (Å²) in [5, 5.41) is 10.4. The molecular weight excluding hydrogens is 220 g/mol. The van der Waals surface area contributed by atoms with Gasteiger partial charge in [-0.25, -0.2) is 0 Å². The van der Waals surface area contributed by atoms with Crippen molar-refractivity contribution in [2.24, 2.45) is 34.5 Å². The summed E-state index contributed by atoms with van der Waals surface area (Å²) in [7, 11) is 0. The zero-order valence-corrected chi connectivity index (χ0v) is 12.6. The van der Waals surface area contributed by atoms with Crippen molar-refractivity contribution in [1.82, 2.24) is 0 Å². The first kappa shape index (κ1) is 13.0. The minimum absolute atomic E-state index is 0.0223. The van der Waals surface area contributed by atoms with Gasteiger partial charge in [0, 0.05) is 0 Å². The van der Waals surface area contributed by atoms with Crippen LogP contribution in [0.3, 0.4) is 0 Å². The van der Waals surface area contributed by atoms with E-state index in [9.17, 15) is 5.11 Å². The van der Waals surface area contributed by atoms with E-state index in [4.69, 9.17) is 0 Å². The lowest BCUT2D eigenvalue weighted by Gasteiger charge is -2.57. The molecule has 0 aliphatic heterocycles. The highest BCUT2D eigenvalue weighted by Crippen LogP contribution is 2.63. The average molecular weight is 250 g/mol. The molecule has 3 rings (SSSR count). The molecule has 0 bridgehead atoms. The Labute approximate surface area is 112 Å². The van der Waals surface area contributed by atoms with Crippen LogP contribution < -0.4 is 0 Å². The monoisotopic (exact) mass is 250 g/mol. The molecule has 6 atom stereocenters. The molecule has 18 heavy (non-hydrogen) atoms. The first-order valence-corrected chi connectivity index (χ1v) is 8.05. The summed E-state index contributed by atoms with van der Waals surface area (Å²) < 4.78 is 0. The molecule has 0 saturated heterocycles. The smallest absolute Gasteiger partial charge is 0.0596 e. The second kappa shape index (κ2) is 3.98. The zero-order valence-electron chi connectivity index (χ0n) is 12.6. The van der Waals surface area contributed by atoms with Gasteiger partial charge in [-0.1, -0.05) is 27.7 Å². The topological polar surface area (TPSA) is 20.2 Å². The molecule has 0 radical (unpaired) electrons. The van der Waals surface area contributed by atoms with Crippen LogP contribution in [0.25, 0.3) is 0 Å². The van der Waals surface area contributed by atoms with Crippen molar-refractivity contribution in [3.8, 4) is 0 Å². The summed E-state index contributed by atoms with van der Waals surface area (Å²) in [6.45, 7) is 9.83. The van der Waals surface area contributed by atoms with Gasteiger partial charge in [-0.15, -0.1) is 0 Å². The molecule has 5 unspecified atom stereocenters. The Morgan fingerprint density at radius 1 is 0.889 bits per heavy atom. The summed E-state index contributed by atoms with van der Waals surface area (Å²) in [5.74, 6) is 3.48. The van der Waals surface area contributed by atoms with Crippen LogP contribution in [0.2, 0.25) is 0 Å². The second-order valence-corrected chi connectivity index (χ2v) is 8.31. The third kappa shape index (κ3) is 1.55. The van der Waals surface area contributed by atoms with Crippen LogP contribution >= 0.6 is 0 Å². The van der Waals surface area contributed by atoms with Crippen LogP contribution in [-0.2, 0) is 0 Å². The molecular formula is C17H30O. The minimum Gasteiger partial charge on any atom is -0.393 e. The Kier molecular flexibility index (Phi) is 2.86. The lowest BCUT2D eigenvalue weighted by molar-refractivity contribution is -0.0985. The maximum atomic E-state index is 10.4. The Hall–Kier alpha value is -0.0400. The number of rotatable bonds is 0. The minimum atomic E-state index is -0.0223. The first-order valence-electron chi connectivity index (χ1n) is 8.05. The molecule has 3 saturated carbocycles. The van der Waals surface area contributed by atoms with Crippen molar-refractivity contribution >= 4 is 0 Å². The highest BCUT2D eigenvalue weighted by atomic mass is 16.3. The van der Waals surface area contributed by atoms with E-state index in [1.165, 1.54) is 32.1 Å². The summed E-state index contributed by atoms with van der Waals surface area (Å²) >= 11 is 0. The summed E-state index contributed by atoms with van der Waals surface area (Å²) in [4.78, 5) is 0. The van der Waals surface area contributed by atoms with Crippen LogP contribution in [0, 0.1) is 34.5 Å². The molecule has 1 heteroatoms. The van der Waals surface area contributed by atoms with E-state index in [1.54, 1.807) is 0 Å². The molecule has 0 aromatic heterocycles. The van der Waals surface area contributed by atoms with Gasteiger partial charge in [-0.2, -0.15) is 0 Å². The standard InChI is InChI=1S/C17H30O/c1-11-5-6-12-13(16(11,2)3)9-10-17(4)14(12)7-8-15(17)18/h11-15,18H,5-10H2,1-4H3/t11-,12?,13?,14?,15?,17?/m1/s1. The number of hydrogen-bond acceptors (Lipinski definition) is 1. The van der Waals surface area contributed by atoms with Crippen molar-refractivity contribution in [1.29, 1.82) is 0 Å². The molecule has 0 spiro atoms. The maximum Gasteiger partial charge on any atom is 0.0596 e. The predicted molar refractivity (Wildman–Crippen MR) is 75.2 cm³/mol. The molecule has 0 amide bonds. The quantitative estimate of drug-likeness (QED) is 0.681. The Balaban J connectivity index is 1.90. The van der Waals surface area contributed by atoms with Crippen LogP contribution in [0.1, 0.15) is 66.2 Å². The van der Waals surface area contributed by atoms with Gasteiger partial charge in [0.1, 0.15) is 0 Å². The van der Waals surface area contributed by atoms with E-state index in [-0.39, 0.29) is 11.5 Å². The summed E-state index contributed by atoms with van der Waals surface area (Å²) in [6, 6.07) is 0. The van der Waals surface area contributed by atoms with Gasteiger partial charge >= 0.3 is 0 Å². The summed E-state index contributed by atoms with van der Waals surface area (Å²) in [5.41, 5.74) is 0.760. The molecule has 3 aliphatic rings. The van der Waals surface area contributed by atoms with Gasteiger partial charge in [0.25, 0.3) is 0 Å². The van der Waals surface area contributed by atoms with Crippen molar-refractivity contribution in [2.45, 2.75) is 72.3 Å². The van der Waals surface area contributed by atoms with Crippen LogP contribution in [0.5, 0.6) is 0 Å². The van der Waals surface area contributed by atoms with Crippen LogP contribution in [-0.4, -0.2) is 11.2 Å². The van der Waals surface area contributed by atoms with Gasteiger partial charge in [0.2, 0.25) is 0 Å². The average Bonchev–Trinajstić information content (AvgIpc) is 2.61. The van der Waals surface area contributed by atoms with Gasteiger partial charge in [-0.3, -0.25) is 0 Å².